The molecule has 0 unspecified atom stereocenters. The number of aryl methyl sites for hydroxylation is 1. The molecule has 0 amide bonds. The maximum Gasteiger partial charge on any atom is 0.145 e. The molecule has 0 aliphatic rings. The van der Waals surface area contributed by atoms with Crippen molar-refractivity contribution in [2.24, 2.45) is 0 Å². The highest BCUT2D eigenvalue weighted by atomic mass is 127. The molecule has 0 fully saturated rings. The Hall–Kier alpha value is -0.160. The van der Waals surface area contributed by atoms with E-state index in [1.807, 2.05) is 47.0 Å². The molecular weight excluding hydrogens is 286 g/mol. The molecule has 1 heterocycles. The molecule has 0 aliphatic heterocycles. The number of thiophene rings is 1. The number of fused-ring (bicyclic) bond motifs is 1. The van der Waals surface area contributed by atoms with Crippen LogP contribution in [0.5, 0.6) is 0 Å². The van der Waals surface area contributed by atoms with Crippen molar-refractivity contribution in [2.75, 3.05) is 0 Å². The van der Waals surface area contributed by atoms with Gasteiger partial charge in [0.1, 0.15) is 5.82 Å². The Bertz CT molecular complexity index is 433. The SMILES string of the molecule is Cc1cc(I)c(F)c2ccsc12. The summed E-state index contributed by atoms with van der Waals surface area (Å²) in [4.78, 5) is 0. The highest BCUT2D eigenvalue weighted by Gasteiger charge is 2.08. The minimum Gasteiger partial charge on any atom is -0.205 e. The van der Waals surface area contributed by atoms with Crippen LogP contribution in [0.25, 0.3) is 10.1 Å². The first-order chi connectivity index (χ1) is 5.70. The van der Waals surface area contributed by atoms with Crippen molar-refractivity contribution in [1.82, 2.24) is 0 Å². The molecule has 0 saturated heterocycles. The van der Waals surface area contributed by atoms with Gasteiger partial charge in [-0.3, -0.25) is 0 Å². The van der Waals surface area contributed by atoms with E-state index in [-0.39, 0.29) is 5.82 Å². The van der Waals surface area contributed by atoms with Gasteiger partial charge in [-0.25, -0.2) is 4.39 Å². The lowest BCUT2D eigenvalue weighted by Crippen LogP contribution is -1.84. The molecule has 0 bridgehead atoms. The molecule has 1 aromatic heterocycles. The lowest BCUT2D eigenvalue weighted by molar-refractivity contribution is 0.632. The smallest absolute Gasteiger partial charge is 0.145 e. The Kier molecular flexibility index (Phi) is 2.08. The van der Waals surface area contributed by atoms with E-state index < -0.39 is 0 Å². The normalized spacial score (nSPS) is 10.9. The van der Waals surface area contributed by atoms with Gasteiger partial charge < -0.3 is 0 Å². The third-order valence-corrected chi connectivity index (χ3v) is 3.65. The first-order valence-corrected chi connectivity index (χ1v) is 5.48. The van der Waals surface area contributed by atoms with E-state index in [9.17, 15) is 4.39 Å². The molecule has 2 aromatic rings. The highest BCUT2D eigenvalue weighted by Crippen LogP contribution is 2.29. The van der Waals surface area contributed by atoms with Crippen molar-refractivity contribution in [3.05, 3.63) is 32.5 Å². The fourth-order valence-electron chi connectivity index (χ4n) is 1.24. The molecule has 0 nitrogen and oxygen atoms in total. The topological polar surface area (TPSA) is 0 Å². The Morgan fingerprint density at radius 3 is 3.00 bits per heavy atom. The Balaban J connectivity index is 2.97. The quantitative estimate of drug-likeness (QED) is 0.645. The van der Waals surface area contributed by atoms with Crippen LogP contribution in [0.3, 0.4) is 0 Å². The van der Waals surface area contributed by atoms with Crippen molar-refractivity contribution >= 4 is 44.0 Å². The fourth-order valence-corrected chi connectivity index (χ4v) is 2.86. The standard InChI is InChI=1S/C9H6FIS/c1-5-4-7(11)8(10)6-2-3-12-9(5)6/h2-4H,1H3. The zero-order valence-electron chi connectivity index (χ0n) is 6.40. The molecule has 0 aliphatic carbocycles. The van der Waals surface area contributed by atoms with Gasteiger partial charge >= 0.3 is 0 Å². The lowest BCUT2D eigenvalue weighted by atomic mass is 10.2. The van der Waals surface area contributed by atoms with Crippen molar-refractivity contribution in [3.8, 4) is 0 Å². The highest BCUT2D eigenvalue weighted by molar-refractivity contribution is 14.1. The van der Waals surface area contributed by atoms with Crippen LogP contribution < -0.4 is 0 Å². The Morgan fingerprint density at radius 2 is 2.25 bits per heavy atom. The van der Waals surface area contributed by atoms with Crippen molar-refractivity contribution in [3.63, 3.8) is 0 Å². The van der Waals surface area contributed by atoms with Crippen LogP contribution in [0.4, 0.5) is 4.39 Å². The molecule has 1 aromatic carbocycles. The van der Waals surface area contributed by atoms with E-state index in [2.05, 4.69) is 0 Å². The molecule has 0 atom stereocenters. The van der Waals surface area contributed by atoms with Gasteiger partial charge in [-0.05, 0) is 52.6 Å². The minimum absolute atomic E-state index is 0.0857. The summed E-state index contributed by atoms with van der Waals surface area (Å²) in [6.45, 7) is 2.01. The molecule has 2 rings (SSSR count). The lowest BCUT2D eigenvalue weighted by Gasteiger charge is -1.99. The molecule has 0 saturated carbocycles. The van der Waals surface area contributed by atoms with E-state index >= 15 is 0 Å². The third-order valence-electron chi connectivity index (χ3n) is 1.81. The largest absolute Gasteiger partial charge is 0.205 e. The van der Waals surface area contributed by atoms with Crippen LogP contribution in [-0.2, 0) is 0 Å². The van der Waals surface area contributed by atoms with Crippen LogP contribution >= 0.6 is 33.9 Å². The number of benzene rings is 1. The van der Waals surface area contributed by atoms with Gasteiger partial charge in [0.15, 0.2) is 0 Å². The maximum atomic E-state index is 13.4. The summed E-state index contributed by atoms with van der Waals surface area (Å²) in [7, 11) is 0. The second kappa shape index (κ2) is 2.96. The first-order valence-electron chi connectivity index (χ1n) is 3.52. The van der Waals surface area contributed by atoms with Gasteiger partial charge in [0.25, 0.3) is 0 Å². The Morgan fingerprint density at radius 1 is 1.50 bits per heavy atom. The molecule has 0 N–H and O–H groups in total. The number of halogens is 2. The summed E-state index contributed by atoms with van der Waals surface area (Å²) in [6.07, 6.45) is 0. The van der Waals surface area contributed by atoms with E-state index in [1.54, 1.807) is 11.3 Å². The third kappa shape index (κ3) is 1.15. The predicted molar refractivity (Wildman–Crippen MR) is 59.2 cm³/mol. The number of hydrogen-bond donors (Lipinski definition) is 0. The molecule has 0 spiro atoms. The van der Waals surface area contributed by atoms with E-state index in [0.29, 0.717) is 3.57 Å². The van der Waals surface area contributed by atoms with Crippen LogP contribution in [0.1, 0.15) is 5.56 Å². The second-order valence-corrected chi connectivity index (χ2v) is 4.73. The molecule has 3 heteroatoms. The van der Waals surface area contributed by atoms with E-state index in [1.165, 1.54) is 0 Å². The van der Waals surface area contributed by atoms with Gasteiger partial charge in [0.05, 0.1) is 0 Å². The van der Waals surface area contributed by atoms with E-state index in [0.717, 1.165) is 15.6 Å². The predicted octanol–water partition coefficient (Wildman–Crippen LogP) is 3.95. The number of hydrogen-bond acceptors (Lipinski definition) is 1. The summed E-state index contributed by atoms with van der Waals surface area (Å²) in [5.74, 6) is -0.0857. The molecule has 0 radical (unpaired) electrons. The van der Waals surface area contributed by atoms with E-state index in [4.69, 9.17) is 0 Å². The van der Waals surface area contributed by atoms with Crippen LogP contribution in [0.15, 0.2) is 17.5 Å². The zero-order chi connectivity index (χ0) is 8.72. The number of rotatable bonds is 0. The summed E-state index contributed by atoms with van der Waals surface area (Å²) < 4.78 is 15.2. The monoisotopic (exact) mass is 292 g/mol. The maximum absolute atomic E-state index is 13.4. The summed E-state index contributed by atoms with van der Waals surface area (Å²) in [5.41, 5.74) is 1.16. The van der Waals surface area contributed by atoms with Crippen molar-refractivity contribution < 1.29 is 4.39 Å². The fraction of sp³-hybridized carbons (Fsp3) is 0.111. The van der Waals surface area contributed by atoms with Crippen LogP contribution in [0.2, 0.25) is 0 Å². The second-order valence-electron chi connectivity index (χ2n) is 2.65. The molecule has 62 valence electrons. The van der Waals surface area contributed by atoms with Gasteiger partial charge in [-0.2, -0.15) is 0 Å². The molecular formula is C9H6FIS. The summed E-state index contributed by atoms with van der Waals surface area (Å²) in [5, 5.41) is 2.68. The first kappa shape index (κ1) is 8.44. The van der Waals surface area contributed by atoms with Crippen molar-refractivity contribution in [2.45, 2.75) is 6.92 Å². The molecule has 12 heavy (non-hydrogen) atoms. The van der Waals surface area contributed by atoms with Crippen LogP contribution in [0, 0.1) is 16.3 Å². The van der Waals surface area contributed by atoms with Gasteiger partial charge in [-0.15, -0.1) is 11.3 Å². The minimum atomic E-state index is -0.0857. The summed E-state index contributed by atoms with van der Waals surface area (Å²) in [6, 6.07) is 3.72. The van der Waals surface area contributed by atoms with Crippen LogP contribution in [-0.4, -0.2) is 0 Å². The Labute approximate surface area is 87.5 Å². The van der Waals surface area contributed by atoms with Gasteiger partial charge in [-0.1, -0.05) is 0 Å². The average Bonchev–Trinajstić information content (AvgIpc) is 2.48. The summed E-state index contributed by atoms with van der Waals surface area (Å²) >= 11 is 3.62. The van der Waals surface area contributed by atoms with Crippen molar-refractivity contribution in [1.29, 1.82) is 0 Å². The van der Waals surface area contributed by atoms with Gasteiger partial charge in [0, 0.05) is 13.7 Å². The zero-order valence-corrected chi connectivity index (χ0v) is 9.37. The van der Waals surface area contributed by atoms with Gasteiger partial charge in [0.2, 0.25) is 0 Å². The average molecular weight is 292 g/mol.